The molecule has 6 nitrogen and oxygen atoms in total. The summed E-state index contributed by atoms with van der Waals surface area (Å²) in [5.41, 5.74) is 3.14. The summed E-state index contributed by atoms with van der Waals surface area (Å²) in [6.45, 7) is 7.51. The predicted octanol–water partition coefficient (Wildman–Crippen LogP) is 7.05. The fourth-order valence-electron chi connectivity index (χ4n) is 7.59. The fourth-order valence-corrected chi connectivity index (χ4v) is 7.59. The smallest absolute Gasteiger partial charge is 0.321 e. The normalized spacial score (nSPS) is 23.5. The van der Waals surface area contributed by atoms with Crippen LogP contribution in [-0.4, -0.2) is 69.7 Å². The molecular weight excluding hydrogens is 527 g/mol. The van der Waals surface area contributed by atoms with Crippen molar-refractivity contribution >= 4 is 17.0 Å². The standard InChI is InChI=1S/C19H27NO2.C16H22FN3/c1-14-12-20(13-17(14)15-8-4-2-5-9-15)18(19(21)22)16-10-6-3-7-11-16;1-19-9-6-13(7-10-19)3-2-8-20-12-18-15-11-14(17)4-5-16(15)20/h2,4-5,8-9,14,16-18H,3,6-7,10-13H2,1H3,(H,21,22);4-5,11-13H,2-3,6-10H2,1H3. The first-order chi connectivity index (χ1) is 20.4. The van der Waals surface area contributed by atoms with Gasteiger partial charge in [-0.25, -0.2) is 9.37 Å². The minimum absolute atomic E-state index is 0.214. The third-order valence-corrected chi connectivity index (χ3v) is 10.0. The summed E-state index contributed by atoms with van der Waals surface area (Å²) in [6, 6.07) is 15.1. The van der Waals surface area contributed by atoms with E-state index in [4.69, 9.17) is 0 Å². The molecule has 1 saturated carbocycles. The van der Waals surface area contributed by atoms with Crippen LogP contribution in [0.4, 0.5) is 4.39 Å². The molecule has 0 spiro atoms. The SMILES string of the molecule is CC1CN(C(C(=O)O)C2CCCCC2)CC1c1ccccc1.CN1CCC(CCCn2cnc3cc(F)ccc32)CC1. The van der Waals surface area contributed by atoms with E-state index >= 15 is 0 Å². The monoisotopic (exact) mass is 576 g/mol. The van der Waals surface area contributed by atoms with Gasteiger partial charge in [0.05, 0.1) is 17.4 Å². The first-order valence-electron chi connectivity index (χ1n) is 16.2. The van der Waals surface area contributed by atoms with Crippen molar-refractivity contribution in [3.05, 3.63) is 66.2 Å². The minimum Gasteiger partial charge on any atom is -0.480 e. The van der Waals surface area contributed by atoms with Crippen LogP contribution in [0.1, 0.15) is 76.2 Å². The molecule has 1 aliphatic carbocycles. The molecular formula is C35H49FN4O2. The van der Waals surface area contributed by atoms with Crippen molar-refractivity contribution in [2.75, 3.05) is 33.2 Å². The Morgan fingerprint density at radius 1 is 1.02 bits per heavy atom. The van der Waals surface area contributed by atoms with E-state index in [0.717, 1.165) is 49.4 Å². The number of nitrogens with zero attached hydrogens (tertiary/aromatic N) is 4. The number of benzene rings is 2. The highest BCUT2D eigenvalue weighted by Crippen LogP contribution is 2.37. The molecule has 3 aromatic rings. The molecule has 2 saturated heterocycles. The Morgan fingerprint density at radius 2 is 1.76 bits per heavy atom. The van der Waals surface area contributed by atoms with Crippen molar-refractivity contribution in [3.8, 4) is 0 Å². The Hall–Kier alpha value is -2.77. The molecule has 42 heavy (non-hydrogen) atoms. The average Bonchev–Trinajstić information content (AvgIpc) is 3.58. The van der Waals surface area contributed by atoms with E-state index in [-0.39, 0.29) is 11.9 Å². The van der Waals surface area contributed by atoms with Gasteiger partial charge in [-0.1, -0.05) is 56.5 Å². The molecule has 3 fully saturated rings. The van der Waals surface area contributed by atoms with Gasteiger partial charge in [0, 0.05) is 31.6 Å². The molecule has 3 atom stereocenters. The van der Waals surface area contributed by atoms with Crippen LogP contribution in [0.15, 0.2) is 54.9 Å². The summed E-state index contributed by atoms with van der Waals surface area (Å²) in [4.78, 5) is 20.8. The van der Waals surface area contributed by atoms with Crippen LogP contribution in [0.5, 0.6) is 0 Å². The third-order valence-electron chi connectivity index (χ3n) is 10.0. The van der Waals surface area contributed by atoms with Gasteiger partial charge in [0.25, 0.3) is 0 Å². The zero-order valence-electron chi connectivity index (χ0n) is 25.5. The highest BCUT2D eigenvalue weighted by Gasteiger charge is 2.41. The molecule has 2 aliphatic heterocycles. The summed E-state index contributed by atoms with van der Waals surface area (Å²) in [5, 5.41) is 9.79. The van der Waals surface area contributed by atoms with Gasteiger partial charge in [0.1, 0.15) is 11.9 Å². The molecule has 0 radical (unpaired) electrons. The van der Waals surface area contributed by atoms with Gasteiger partial charge >= 0.3 is 5.97 Å². The number of halogens is 1. The molecule has 6 rings (SSSR count). The molecule has 3 unspecified atom stereocenters. The van der Waals surface area contributed by atoms with Crippen LogP contribution in [0.25, 0.3) is 11.0 Å². The number of carbonyl (C=O) groups is 1. The van der Waals surface area contributed by atoms with Crippen LogP contribution in [-0.2, 0) is 11.3 Å². The fraction of sp³-hybridized carbons (Fsp3) is 0.600. The van der Waals surface area contributed by atoms with Crippen LogP contribution in [0.2, 0.25) is 0 Å². The minimum atomic E-state index is -0.618. The number of aliphatic carboxylic acids is 1. The second-order valence-corrected chi connectivity index (χ2v) is 13.1. The number of piperidine rings is 1. The Kier molecular flexibility index (Phi) is 10.7. The van der Waals surface area contributed by atoms with E-state index in [1.54, 1.807) is 0 Å². The number of aromatic nitrogens is 2. The molecule has 3 aliphatic rings. The first-order valence-corrected chi connectivity index (χ1v) is 16.2. The average molecular weight is 577 g/mol. The lowest BCUT2D eigenvalue weighted by Gasteiger charge is -2.33. The summed E-state index contributed by atoms with van der Waals surface area (Å²) in [5.74, 6) is 1.37. The molecule has 228 valence electrons. The van der Waals surface area contributed by atoms with E-state index < -0.39 is 5.97 Å². The highest BCUT2D eigenvalue weighted by atomic mass is 19.1. The topological polar surface area (TPSA) is 61.6 Å². The number of hydrogen-bond donors (Lipinski definition) is 1. The summed E-state index contributed by atoms with van der Waals surface area (Å²) in [7, 11) is 2.20. The maximum Gasteiger partial charge on any atom is 0.321 e. The van der Waals surface area contributed by atoms with Gasteiger partial charge in [-0.3, -0.25) is 9.69 Å². The summed E-state index contributed by atoms with van der Waals surface area (Å²) >= 11 is 0. The first kappa shape index (κ1) is 30.7. The second-order valence-electron chi connectivity index (χ2n) is 13.1. The lowest BCUT2D eigenvalue weighted by Crippen LogP contribution is -2.45. The predicted molar refractivity (Wildman–Crippen MR) is 167 cm³/mol. The van der Waals surface area contributed by atoms with Gasteiger partial charge < -0.3 is 14.6 Å². The summed E-state index contributed by atoms with van der Waals surface area (Å²) in [6.07, 6.45) is 12.8. The van der Waals surface area contributed by atoms with Crippen molar-refractivity contribution in [2.45, 2.75) is 83.2 Å². The number of aryl methyl sites for hydroxylation is 1. The van der Waals surface area contributed by atoms with Gasteiger partial charge in [0.15, 0.2) is 0 Å². The molecule has 1 N–H and O–H groups in total. The number of imidazole rings is 1. The zero-order valence-corrected chi connectivity index (χ0v) is 25.5. The number of fused-ring (bicyclic) bond motifs is 1. The van der Waals surface area contributed by atoms with Crippen LogP contribution >= 0.6 is 0 Å². The van der Waals surface area contributed by atoms with E-state index in [1.807, 2.05) is 18.5 Å². The number of likely N-dealkylation sites (tertiary alicyclic amines) is 2. The van der Waals surface area contributed by atoms with Crippen LogP contribution < -0.4 is 0 Å². The van der Waals surface area contributed by atoms with Crippen molar-refractivity contribution in [1.29, 1.82) is 0 Å². The van der Waals surface area contributed by atoms with Crippen molar-refractivity contribution < 1.29 is 14.3 Å². The summed E-state index contributed by atoms with van der Waals surface area (Å²) < 4.78 is 15.3. The number of carboxylic acid groups (broad SMARTS) is 1. The second kappa shape index (κ2) is 14.6. The zero-order chi connectivity index (χ0) is 29.5. The van der Waals surface area contributed by atoms with E-state index in [0.29, 0.717) is 17.8 Å². The van der Waals surface area contributed by atoms with Crippen LogP contribution in [0.3, 0.4) is 0 Å². The Morgan fingerprint density at radius 3 is 2.48 bits per heavy atom. The van der Waals surface area contributed by atoms with Gasteiger partial charge in [-0.2, -0.15) is 0 Å². The molecule has 0 bridgehead atoms. The van der Waals surface area contributed by atoms with Crippen LogP contribution in [0, 0.1) is 23.6 Å². The van der Waals surface area contributed by atoms with Crippen molar-refractivity contribution in [1.82, 2.24) is 19.4 Å². The quantitative estimate of drug-likeness (QED) is 0.311. The Labute approximate surface area is 250 Å². The molecule has 2 aromatic carbocycles. The Bertz CT molecular complexity index is 1270. The van der Waals surface area contributed by atoms with E-state index in [1.165, 1.54) is 75.7 Å². The highest BCUT2D eigenvalue weighted by molar-refractivity contribution is 5.75. The van der Waals surface area contributed by atoms with Crippen molar-refractivity contribution in [3.63, 3.8) is 0 Å². The third kappa shape index (κ3) is 7.78. The lowest BCUT2D eigenvalue weighted by atomic mass is 9.83. The molecule has 0 amide bonds. The van der Waals surface area contributed by atoms with Gasteiger partial charge in [-0.05, 0) is 94.1 Å². The van der Waals surface area contributed by atoms with E-state index in [2.05, 4.69) is 57.6 Å². The number of hydrogen-bond acceptors (Lipinski definition) is 4. The number of rotatable bonds is 8. The number of carboxylic acids is 1. The largest absolute Gasteiger partial charge is 0.480 e. The van der Waals surface area contributed by atoms with Gasteiger partial charge in [0.2, 0.25) is 0 Å². The maximum atomic E-state index is 13.1. The van der Waals surface area contributed by atoms with Gasteiger partial charge in [-0.15, -0.1) is 0 Å². The van der Waals surface area contributed by atoms with E-state index in [9.17, 15) is 14.3 Å². The van der Waals surface area contributed by atoms with Crippen molar-refractivity contribution in [2.24, 2.45) is 17.8 Å². The maximum absolute atomic E-state index is 13.1. The molecule has 3 heterocycles. The Balaban J connectivity index is 0.000000169. The molecule has 1 aromatic heterocycles. The lowest BCUT2D eigenvalue weighted by molar-refractivity contribution is -0.145. The molecule has 7 heteroatoms.